The number of piperidine rings is 2. The van der Waals surface area contributed by atoms with Gasteiger partial charge in [0.05, 0.1) is 6.04 Å². The lowest BCUT2D eigenvalue weighted by atomic mass is 9.96. The SMILES string of the molecule is CC(=O)N1CCCC[C@H]1c1ccc(N2CCCCC2)nc1. The number of rotatable bonds is 2. The molecule has 4 nitrogen and oxygen atoms in total. The van der Waals surface area contributed by atoms with Crippen LogP contribution in [0.4, 0.5) is 5.82 Å². The Morgan fingerprint density at radius 1 is 1.10 bits per heavy atom. The molecule has 0 spiro atoms. The molecule has 0 unspecified atom stereocenters. The summed E-state index contributed by atoms with van der Waals surface area (Å²) in [4.78, 5) is 20.8. The van der Waals surface area contributed by atoms with Crippen LogP contribution in [0, 0.1) is 0 Å². The number of hydrogen-bond acceptors (Lipinski definition) is 3. The molecule has 3 rings (SSSR count). The van der Waals surface area contributed by atoms with Gasteiger partial charge in [0.15, 0.2) is 0 Å². The van der Waals surface area contributed by atoms with E-state index in [1.807, 2.05) is 11.1 Å². The summed E-state index contributed by atoms with van der Waals surface area (Å²) in [6.45, 7) is 4.80. The van der Waals surface area contributed by atoms with Crippen molar-refractivity contribution in [1.82, 2.24) is 9.88 Å². The van der Waals surface area contributed by atoms with Crippen molar-refractivity contribution >= 4 is 11.7 Å². The highest BCUT2D eigenvalue weighted by atomic mass is 16.2. The molecule has 0 bridgehead atoms. The fraction of sp³-hybridized carbons (Fsp3) is 0.647. The van der Waals surface area contributed by atoms with E-state index in [1.54, 1.807) is 6.92 Å². The summed E-state index contributed by atoms with van der Waals surface area (Å²) in [6.07, 6.45) is 9.23. The lowest BCUT2D eigenvalue weighted by Gasteiger charge is -2.35. The molecule has 2 saturated heterocycles. The van der Waals surface area contributed by atoms with Gasteiger partial charge in [-0.2, -0.15) is 0 Å². The summed E-state index contributed by atoms with van der Waals surface area (Å²) in [7, 11) is 0. The number of likely N-dealkylation sites (tertiary alicyclic amines) is 1. The standard InChI is InChI=1S/C17H25N3O/c1-14(21)20-12-6-3-7-16(20)15-8-9-17(18-13-15)19-10-4-2-5-11-19/h8-9,13,16H,2-7,10-12H2,1H3/t16-/m0/s1. The summed E-state index contributed by atoms with van der Waals surface area (Å²) < 4.78 is 0. The van der Waals surface area contributed by atoms with E-state index >= 15 is 0 Å². The molecule has 4 heteroatoms. The maximum absolute atomic E-state index is 11.8. The van der Waals surface area contributed by atoms with Gasteiger partial charge in [-0.3, -0.25) is 4.79 Å². The highest BCUT2D eigenvalue weighted by Gasteiger charge is 2.26. The fourth-order valence-corrected chi connectivity index (χ4v) is 3.56. The van der Waals surface area contributed by atoms with Crippen molar-refractivity contribution in [2.24, 2.45) is 0 Å². The zero-order valence-corrected chi connectivity index (χ0v) is 12.9. The molecule has 0 aromatic carbocycles. The lowest BCUT2D eigenvalue weighted by molar-refractivity contribution is -0.132. The predicted molar refractivity (Wildman–Crippen MR) is 84.3 cm³/mol. The Morgan fingerprint density at radius 2 is 1.86 bits per heavy atom. The number of anilines is 1. The predicted octanol–water partition coefficient (Wildman–Crippen LogP) is 3.15. The van der Waals surface area contributed by atoms with Crippen molar-refractivity contribution in [3.63, 3.8) is 0 Å². The summed E-state index contributed by atoms with van der Waals surface area (Å²) in [5.41, 5.74) is 1.19. The highest BCUT2D eigenvalue weighted by Crippen LogP contribution is 2.31. The highest BCUT2D eigenvalue weighted by molar-refractivity contribution is 5.74. The first-order chi connectivity index (χ1) is 10.3. The van der Waals surface area contributed by atoms with Gasteiger partial charge < -0.3 is 9.80 Å². The summed E-state index contributed by atoms with van der Waals surface area (Å²) in [6, 6.07) is 4.52. The van der Waals surface area contributed by atoms with Crippen molar-refractivity contribution in [2.45, 2.75) is 51.5 Å². The molecule has 114 valence electrons. The van der Waals surface area contributed by atoms with Gasteiger partial charge in [0.1, 0.15) is 5.82 Å². The third-order valence-corrected chi connectivity index (χ3v) is 4.74. The molecule has 1 aromatic rings. The Balaban J connectivity index is 1.74. The van der Waals surface area contributed by atoms with Crippen LogP contribution in [0.15, 0.2) is 18.3 Å². The normalized spacial score (nSPS) is 23.2. The average Bonchev–Trinajstić information content (AvgIpc) is 2.56. The van der Waals surface area contributed by atoms with Gasteiger partial charge in [-0.1, -0.05) is 6.07 Å². The molecular weight excluding hydrogens is 262 g/mol. The molecule has 0 N–H and O–H groups in total. The molecule has 21 heavy (non-hydrogen) atoms. The van der Waals surface area contributed by atoms with Crippen LogP contribution in [-0.4, -0.2) is 35.4 Å². The minimum absolute atomic E-state index is 0.180. The number of aromatic nitrogens is 1. The maximum Gasteiger partial charge on any atom is 0.219 e. The molecule has 2 fully saturated rings. The first kappa shape index (κ1) is 14.4. The van der Waals surface area contributed by atoms with E-state index in [1.165, 1.54) is 31.2 Å². The van der Waals surface area contributed by atoms with Crippen LogP contribution in [0.1, 0.15) is 57.1 Å². The van der Waals surface area contributed by atoms with Gasteiger partial charge in [0.25, 0.3) is 0 Å². The summed E-state index contributed by atoms with van der Waals surface area (Å²) in [5, 5.41) is 0. The van der Waals surface area contributed by atoms with E-state index in [-0.39, 0.29) is 11.9 Å². The lowest BCUT2D eigenvalue weighted by Crippen LogP contribution is -2.37. The monoisotopic (exact) mass is 287 g/mol. The Bertz CT molecular complexity index is 479. The second-order valence-corrected chi connectivity index (χ2v) is 6.22. The Morgan fingerprint density at radius 3 is 2.52 bits per heavy atom. The number of hydrogen-bond donors (Lipinski definition) is 0. The largest absolute Gasteiger partial charge is 0.357 e. The molecule has 2 aliphatic rings. The van der Waals surface area contributed by atoms with E-state index < -0.39 is 0 Å². The number of carbonyl (C=O) groups excluding carboxylic acids is 1. The molecule has 1 atom stereocenters. The van der Waals surface area contributed by atoms with Gasteiger partial charge >= 0.3 is 0 Å². The topological polar surface area (TPSA) is 36.4 Å². The first-order valence-electron chi connectivity index (χ1n) is 8.24. The fourth-order valence-electron chi connectivity index (χ4n) is 3.56. The van der Waals surface area contributed by atoms with Crippen LogP contribution in [0.3, 0.4) is 0 Å². The van der Waals surface area contributed by atoms with Crippen molar-refractivity contribution in [1.29, 1.82) is 0 Å². The average molecular weight is 287 g/mol. The number of amides is 1. The first-order valence-corrected chi connectivity index (χ1v) is 8.24. The molecule has 3 heterocycles. The van der Waals surface area contributed by atoms with Crippen LogP contribution in [0.5, 0.6) is 0 Å². The third kappa shape index (κ3) is 3.20. The van der Waals surface area contributed by atoms with Crippen LogP contribution in [0.25, 0.3) is 0 Å². The smallest absolute Gasteiger partial charge is 0.219 e. The minimum atomic E-state index is 0.180. The third-order valence-electron chi connectivity index (χ3n) is 4.74. The maximum atomic E-state index is 11.8. The van der Waals surface area contributed by atoms with Gasteiger partial charge in [0, 0.05) is 32.8 Å². The van der Waals surface area contributed by atoms with E-state index in [4.69, 9.17) is 0 Å². The summed E-state index contributed by atoms with van der Waals surface area (Å²) in [5.74, 6) is 1.27. The van der Waals surface area contributed by atoms with Gasteiger partial charge in [-0.25, -0.2) is 4.98 Å². The van der Waals surface area contributed by atoms with Crippen LogP contribution < -0.4 is 4.90 Å². The number of pyridine rings is 1. The molecule has 0 aliphatic carbocycles. The van der Waals surface area contributed by atoms with Crippen molar-refractivity contribution in [2.75, 3.05) is 24.5 Å². The van der Waals surface area contributed by atoms with E-state index in [9.17, 15) is 4.79 Å². The zero-order valence-electron chi connectivity index (χ0n) is 12.9. The number of carbonyl (C=O) groups is 1. The molecule has 1 amide bonds. The minimum Gasteiger partial charge on any atom is -0.357 e. The van der Waals surface area contributed by atoms with E-state index in [0.29, 0.717) is 0 Å². The second kappa shape index (κ2) is 6.46. The Kier molecular flexibility index (Phi) is 4.42. The molecule has 0 radical (unpaired) electrons. The Hall–Kier alpha value is -1.58. The molecular formula is C17H25N3O. The van der Waals surface area contributed by atoms with Crippen molar-refractivity contribution in [3.8, 4) is 0 Å². The molecule has 1 aromatic heterocycles. The Labute approximate surface area is 127 Å². The van der Waals surface area contributed by atoms with Crippen LogP contribution in [-0.2, 0) is 4.79 Å². The zero-order chi connectivity index (χ0) is 14.7. The molecule has 0 saturated carbocycles. The van der Waals surface area contributed by atoms with Crippen LogP contribution in [0.2, 0.25) is 0 Å². The van der Waals surface area contributed by atoms with E-state index in [0.717, 1.165) is 38.3 Å². The van der Waals surface area contributed by atoms with Crippen molar-refractivity contribution in [3.05, 3.63) is 23.9 Å². The molecule has 2 aliphatic heterocycles. The number of nitrogens with zero attached hydrogens (tertiary/aromatic N) is 3. The van der Waals surface area contributed by atoms with Crippen molar-refractivity contribution < 1.29 is 4.79 Å². The van der Waals surface area contributed by atoms with Gasteiger partial charge in [-0.15, -0.1) is 0 Å². The van der Waals surface area contributed by atoms with Gasteiger partial charge in [0.2, 0.25) is 5.91 Å². The summed E-state index contributed by atoms with van der Waals surface area (Å²) >= 11 is 0. The van der Waals surface area contributed by atoms with E-state index in [2.05, 4.69) is 22.0 Å². The quantitative estimate of drug-likeness (QED) is 0.838. The van der Waals surface area contributed by atoms with Crippen LogP contribution >= 0.6 is 0 Å². The van der Waals surface area contributed by atoms with Gasteiger partial charge in [-0.05, 0) is 50.2 Å². The second-order valence-electron chi connectivity index (χ2n) is 6.22.